The van der Waals surface area contributed by atoms with Crippen LogP contribution in [-0.2, 0) is 14.8 Å². The fourth-order valence-corrected chi connectivity index (χ4v) is 1.70. The van der Waals surface area contributed by atoms with Crippen LogP contribution < -0.4 is 10.5 Å². The summed E-state index contributed by atoms with van der Waals surface area (Å²) in [5.74, 6) is 0. The SMILES string of the molecule is CC(C1CNCCO1)S(N)(=O)=O. The lowest BCUT2D eigenvalue weighted by Gasteiger charge is -2.27. The quantitative estimate of drug-likeness (QED) is 0.569. The first kappa shape index (κ1) is 9.91. The van der Waals surface area contributed by atoms with Crippen LogP contribution in [0.25, 0.3) is 0 Å². The maximum Gasteiger partial charge on any atom is 0.214 e. The summed E-state index contributed by atoms with van der Waals surface area (Å²) in [6, 6.07) is 0. The van der Waals surface area contributed by atoms with Gasteiger partial charge >= 0.3 is 0 Å². The maximum absolute atomic E-state index is 10.9. The molecule has 0 saturated carbocycles. The third-order valence-electron chi connectivity index (χ3n) is 2.00. The molecule has 0 aromatic heterocycles. The van der Waals surface area contributed by atoms with Gasteiger partial charge in [-0.25, -0.2) is 13.6 Å². The second-order valence-corrected chi connectivity index (χ2v) is 4.83. The van der Waals surface area contributed by atoms with Crippen molar-refractivity contribution in [1.29, 1.82) is 0 Å². The van der Waals surface area contributed by atoms with Crippen LogP contribution in [-0.4, -0.2) is 39.5 Å². The zero-order valence-corrected chi connectivity index (χ0v) is 7.80. The van der Waals surface area contributed by atoms with E-state index in [-0.39, 0.29) is 6.10 Å². The van der Waals surface area contributed by atoms with Crippen molar-refractivity contribution in [2.75, 3.05) is 19.7 Å². The number of sulfonamides is 1. The number of rotatable bonds is 2. The summed E-state index contributed by atoms with van der Waals surface area (Å²) in [6.07, 6.45) is -0.311. The monoisotopic (exact) mass is 194 g/mol. The first-order chi connectivity index (χ1) is 5.52. The molecule has 1 aliphatic rings. The van der Waals surface area contributed by atoms with Crippen molar-refractivity contribution in [3.05, 3.63) is 0 Å². The van der Waals surface area contributed by atoms with E-state index >= 15 is 0 Å². The average Bonchev–Trinajstić information content (AvgIpc) is 2.03. The van der Waals surface area contributed by atoms with Crippen molar-refractivity contribution >= 4 is 10.0 Å². The Morgan fingerprint density at radius 3 is 2.75 bits per heavy atom. The largest absolute Gasteiger partial charge is 0.374 e. The van der Waals surface area contributed by atoms with Crippen molar-refractivity contribution in [1.82, 2.24) is 5.32 Å². The number of ether oxygens (including phenoxy) is 1. The second kappa shape index (κ2) is 3.69. The number of hydrogen-bond acceptors (Lipinski definition) is 4. The van der Waals surface area contributed by atoms with Crippen molar-refractivity contribution in [3.8, 4) is 0 Å². The number of morpholine rings is 1. The van der Waals surface area contributed by atoms with Crippen LogP contribution in [0.2, 0.25) is 0 Å². The normalized spacial score (nSPS) is 28.3. The summed E-state index contributed by atoms with van der Waals surface area (Å²) >= 11 is 0. The molecule has 0 bridgehead atoms. The van der Waals surface area contributed by atoms with E-state index in [0.29, 0.717) is 13.2 Å². The van der Waals surface area contributed by atoms with Gasteiger partial charge < -0.3 is 10.1 Å². The van der Waals surface area contributed by atoms with Crippen LogP contribution in [0.3, 0.4) is 0 Å². The predicted octanol–water partition coefficient (Wildman–Crippen LogP) is -1.35. The van der Waals surface area contributed by atoms with Gasteiger partial charge in [-0.05, 0) is 6.92 Å². The van der Waals surface area contributed by atoms with Crippen molar-refractivity contribution in [3.63, 3.8) is 0 Å². The van der Waals surface area contributed by atoms with E-state index in [1.54, 1.807) is 6.92 Å². The highest BCUT2D eigenvalue weighted by molar-refractivity contribution is 7.89. The Morgan fingerprint density at radius 1 is 1.67 bits per heavy atom. The first-order valence-electron chi connectivity index (χ1n) is 3.86. The molecule has 0 spiro atoms. The lowest BCUT2D eigenvalue weighted by atomic mass is 10.2. The highest BCUT2D eigenvalue weighted by Gasteiger charge is 2.28. The van der Waals surface area contributed by atoms with E-state index < -0.39 is 15.3 Å². The third kappa shape index (κ3) is 2.41. The number of hydrogen-bond donors (Lipinski definition) is 2. The lowest BCUT2D eigenvalue weighted by Crippen LogP contribution is -2.48. The molecule has 3 N–H and O–H groups in total. The summed E-state index contributed by atoms with van der Waals surface area (Å²) in [4.78, 5) is 0. The standard InChI is InChI=1S/C6H14N2O3S/c1-5(12(7,9)10)6-4-8-2-3-11-6/h5-6,8H,2-4H2,1H3,(H2,7,9,10). The summed E-state index contributed by atoms with van der Waals surface area (Å²) in [7, 11) is -3.47. The van der Waals surface area contributed by atoms with Gasteiger partial charge in [-0.15, -0.1) is 0 Å². The zero-order valence-electron chi connectivity index (χ0n) is 6.99. The van der Waals surface area contributed by atoms with Gasteiger partial charge in [0, 0.05) is 13.1 Å². The van der Waals surface area contributed by atoms with Crippen LogP contribution in [0.4, 0.5) is 0 Å². The maximum atomic E-state index is 10.9. The molecular formula is C6H14N2O3S. The van der Waals surface area contributed by atoms with Crippen molar-refractivity contribution in [2.24, 2.45) is 5.14 Å². The highest BCUT2D eigenvalue weighted by Crippen LogP contribution is 2.07. The zero-order chi connectivity index (χ0) is 9.19. The Hall–Kier alpha value is -0.170. The molecule has 1 aliphatic heterocycles. The Morgan fingerprint density at radius 2 is 2.33 bits per heavy atom. The molecular weight excluding hydrogens is 180 g/mol. The van der Waals surface area contributed by atoms with Crippen LogP contribution in [0.5, 0.6) is 0 Å². The van der Waals surface area contributed by atoms with E-state index in [1.165, 1.54) is 0 Å². The Kier molecular flexibility index (Phi) is 3.05. The number of nitrogens with one attached hydrogen (secondary N) is 1. The molecule has 1 saturated heterocycles. The minimum atomic E-state index is -3.47. The molecule has 0 aromatic carbocycles. The van der Waals surface area contributed by atoms with Gasteiger partial charge in [0.25, 0.3) is 0 Å². The van der Waals surface area contributed by atoms with E-state index in [4.69, 9.17) is 9.88 Å². The van der Waals surface area contributed by atoms with Gasteiger partial charge in [0.15, 0.2) is 0 Å². The molecule has 0 amide bonds. The van der Waals surface area contributed by atoms with Crippen LogP contribution in [0.1, 0.15) is 6.92 Å². The van der Waals surface area contributed by atoms with Crippen LogP contribution in [0.15, 0.2) is 0 Å². The number of nitrogens with two attached hydrogens (primary N) is 1. The van der Waals surface area contributed by atoms with Crippen molar-refractivity contribution in [2.45, 2.75) is 18.3 Å². The fourth-order valence-electron chi connectivity index (χ4n) is 1.10. The lowest BCUT2D eigenvalue weighted by molar-refractivity contribution is 0.0287. The van der Waals surface area contributed by atoms with E-state index in [2.05, 4.69) is 5.32 Å². The fraction of sp³-hybridized carbons (Fsp3) is 1.00. The minimum absolute atomic E-state index is 0.311. The van der Waals surface area contributed by atoms with Gasteiger partial charge in [0.2, 0.25) is 10.0 Å². The van der Waals surface area contributed by atoms with E-state index in [1.807, 2.05) is 0 Å². The highest BCUT2D eigenvalue weighted by atomic mass is 32.2. The second-order valence-electron chi connectivity index (χ2n) is 2.91. The molecule has 2 unspecified atom stereocenters. The molecule has 72 valence electrons. The summed E-state index contributed by atoms with van der Waals surface area (Å²) < 4.78 is 27.0. The molecule has 1 rings (SSSR count). The summed E-state index contributed by atoms with van der Waals surface area (Å²) in [5, 5.41) is 7.38. The first-order valence-corrected chi connectivity index (χ1v) is 5.46. The molecule has 0 aliphatic carbocycles. The molecule has 12 heavy (non-hydrogen) atoms. The van der Waals surface area contributed by atoms with Gasteiger partial charge in [-0.2, -0.15) is 0 Å². The minimum Gasteiger partial charge on any atom is -0.374 e. The Bertz CT molecular complexity index is 233. The van der Waals surface area contributed by atoms with Gasteiger partial charge in [0.1, 0.15) is 0 Å². The molecule has 1 heterocycles. The molecule has 0 aromatic rings. The Balaban J connectivity index is 2.57. The predicted molar refractivity (Wildman–Crippen MR) is 45.2 cm³/mol. The third-order valence-corrected chi connectivity index (χ3v) is 3.34. The molecule has 5 nitrogen and oxygen atoms in total. The van der Waals surface area contributed by atoms with E-state index in [0.717, 1.165) is 6.54 Å². The smallest absolute Gasteiger partial charge is 0.214 e. The van der Waals surface area contributed by atoms with Gasteiger partial charge in [0.05, 0.1) is 18.0 Å². The molecule has 0 radical (unpaired) electrons. The number of primary sulfonamides is 1. The van der Waals surface area contributed by atoms with Crippen LogP contribution in [0, 0.1) is 0 Å². The summed E-state index contributed by atoms with van der Waals surface area (Å²) in [5.41, 5.74) is 0. The molecule has 2 atom stereocenters. The van der Waals surface area contributed by atoms with E-state index in [9.17, 15) is 8.42 Å². The van der Waals surface area contributed by atoms with Gasteiger partial charge in [-0.1, -0.05) is 0 Å². The molecule has 6 heteroatoms. The summed E-state index contributed by atoms with van der Waals surface area (Å²) in [6.45, 7) is 3.43. The average molecular weight is 194 g/mol. The van der Waals surface area contributed by atoms with Gasteiger partial charge in [-0.3, -0.25) is 0 Å². The Labute approximate surface area is 72.3 Å². The van der Waals surface area contributed by atoms with Crippen molar-refractivity contribution < 1.29 is 13.2 Å². The topological polar surface area (TPSA) is 81.4 Å². The van der Waals surface area contributed by atoms with Crippen LogP contribution >= 0.6 is 0 Å². The molecule has 1 fully saturated rings.